The molecular weight excluding hydrogens is 661 g/mol. The van der Waals surface area contributed by atoms with Gasteiger partial charge in [0, 0.05) is 74.8 Å². The third kappa shape index (κ3) is 5.04. The molecule has 0 saturated carbocycles. The first-order valence-corrected chi connectivity index (χ1v) is 18.0. The van der Waals surface area contributed by atoms with E-state index in [9.17, 15) is 0 Å². The van der Waals surface area contributed by atoms with Crippen LogP contribution in [0.15, 0.2) is 177 Å². The van der Waals surface area contributed by atoms with Gasteiger partial charge >= 0.3 is 0 Å². The van der Waals surface area contributed by atoms with Crippen molar-refractivity contribution >= 4 is 65.3 Å². The first kappa shape index (κ1) is 30.2. The minimum Gasteiger partial charge on any atom is -0.255 e. The number of pyridine rings is 6. The molecule has 6 nitrogen and oxygen atoms in total. The number of nitrogens with zero attached hydrogens (tertiary/aromatic N) is 6. The number of rotatable bonds is 4. The van der Waals surface area contributed by atoms with Gasteiger partial charge in [0.05, 0.1) is 44.4 Å². The molecule has 0 radical (unpaired) electrons. The second-order valence-electron chi connectivity index (χ2n) is 13.6. The molecule has 0 N–H and O–H groups in total. The Bertz CT molecular complexity index is 3280. The molecule has 0 fully saturated rings. The first-order valence-electron chi connectivity index (χ1n) is 18.0. The van der Waals surface area contributed by atoms with Crippen LogP contribution in [0.5, 0.6) is 0 Å². The number of aromatic nitrogens is 6. The summed E-state index contributed by atoms with van der Waals surface area (Å²) in [5.41, 5.74) is 12.1. The molecule has 0 atom stereocenters. The van der Waals surface area contributed by atoms with E-state index in [1.54, 1.807) is 0 Å². The molecule has 5 aromatic carbocycles. The van der Waals surface area contributed by atoms with Crippen LogP contribution in [0.2, 0.25) is 0 Å². The lowest BCUT2D eigenvalue weighted by Gasteiger charge is -2.10. The third-order valence-corrected chi connectivity index (χ3v) is 10.5. The highest BCUT2D eigenvalue weighted by atomic mass is 14.9. The van der Waals surface area contributed by atoms with E-state index in [-0.39, 0.29) is 0 Å². The van der Waals surface area contributed by atoms with Gasteiger partial charge in [-0.2, -0.15) is 4.57 Å². The Morgan fingerprint density at radius 2 is 1.00 bits per heavy atom. The zero-order valence-corrected chi connectivity index (χ0v) is 28.9. The SMILES string of the molecule is c1cnc2c(c1)ccc1cc[n+](-c3ccc(-c4ccc5cc(-c6ccc7nc(-c8ccnc9c8ccc8cccnc89)ccc7c6)ccc5n4)cc3)cc12. The molecular formula is C48H29N6+. The van der Waals surface area contributed by atoms with Crippen LogP contribution in [0.4, 0.5) is 0 Å². The normalized spacial score (nSPS) is 11.7. The molecule has 0 spiro atoms. The largest absolute Gasteiger partial charge is 0.255 e. The average molecular weight is 690 g/mol. The minimum atomic E-state index is 0.891. The van der Waals surface area contributed by atoms with E-state index < -0.39 is 0 Å². The Hall–Kier alpha value is -7.44. The zero-order valence-electron chi connectivity index (χ0n) is 28.9. The number of hydrogen-bond donors (Lipinski definition) is 0. The van der Waals surface area contributed by atoms with Crippen LogP contribution in [0.3, 0.4) is 0 Å². The predicted molar refractivity (Wildman–Crippen MR) is 218 cm³/mol. The van der Waals surface area contributed by atoms with Crippen LogP contribution >= 0.6 is 0 Å². The van der Waals surface area contributed by atoms with Gasteiger partial charge in [-0.3, -0.25) is 15.0 Å². The van der Waals surface area contributed by atoms with Gasteiger partial charge in [0.15, 0.2) is 12.4 Å². The summed E-state index contributed by atoms with van der Waals surface area (Å²) in [4.78, 5) is 24.1. The fourth-order valence-electron chi connectivity index (χ4n) is 7.67. The molecule has 6 heterocycles. The van der Waals surface area contributed by atoms with Crippen LogP contribution < -0.4 is 4.57 Å². The second-order valence-corrected chi connectivity index (χ2v) is 13.6. The highest BCUT2D eigenvalue weighted by molar-refractivity contribution is 6.08. The standard InChI is InChI=1S/C48H29N6/c1-3-32-6-5-30-22-26-54(29-41(30)46(32)49-23-1)38-14-7-31(8-15-38)42-19-12-36-27-34(10-17-43(36)52-42)35-11-18-44-37(28-35)13-20-45(53-44)39-21-25-51-48-40(39)16-9-33-4-2-24-50-47(33)48/h1-29H/q+1. The quantitative estimate of drug-likeness (QED) is 0.136. The summed E-state index contributed by atoms with van der Waals surface area (Å²) in [5.74, 6) is 0. The van der Waals surface area contributed by atoms with Gasteiger partial charge in [-0.1, -0.05) is 60.7 Å². The molecule has 6 heteroatoms. The predicted octanol–water partition coefficient (Wildman–Crippen LogP) is 10.9. The van der Waals surface area contributed by atoms with Crippen molar-refractivity contribution in [3.05, 3.63) is 177 Å². The molecule has 54 heavy (non-hydrogen) atoms. The Morgan fingerprint density at radius 1 is 0.389 bits per heavy atom. The highest BCUT2D eigenvalue weighted by Gasteiger charge is 2.13. The van der Waals surface area contributed by atoms with E-state index >= 15 is 0 Å². The maximum atomic E-state index is 5.08. The average Bonchev–Trinajstić information content (AvgIpc) is 3.25. The Labute approximate surface area is 309 Å². The van der Waals surface area contributed by atoms with Crippen molar-refractivity contribution in [3.8, 4) is 39.3 Å². The summed E-state index contributed by atoms with van der Waals surface area (Å²) in [7, 11) is 0. The summed E-state index contributed by atoms with van der Waals surface area (Å²) >= 11 is 0. The fourth-order valence-corrected chi connectivity index (χ4v) is 7.67. The lowest BCUT2D eigenvalue weighted by Crippen LogP contribution is -2.29. The molecule has 0 amide bonds. The molecule has 0 aliphatic rings. The molecule has 11 rings (SSSR count). The van der Waals surface area contributed by atoms with Crippen molar-refractivity contribution in [2.45, 2.75) is 0 Å². The maximum absolute atomic E-state index is 5.08. The summed E-state index contributed by atoms with van der Waals surface area (Å²) in [5, 5.41) is 7.75. The molecule has 0 bridgehead atoms. The van der Waals surface area contributed by atoms with Gasteiger partial charge in [0.1, 0.15) is 0 Å². The minimum absolute atomic E-state index is 0.891. The van der Waals surface area contributed by atoms with Crippen molar-refractivity contribution in [2.75, 3.05) is 0 Å². The second kappa shape index (κ2) is 12.1. The van der Waals surface area contributed by atoms with Crippen LogP contribution in [0.25, 0.3) is 105 Å². The summed E-state index contributed by atoms with van der Waals surface area (Å²) in [6.07, 6.45) is 9.79. The van der Waals surface area contributed by atoms with Gasteiger partial charge in [0.25, 0.3) is 0 Å². The zero-order chi connectivity index (χ0) is 35.6. The smallest absolute Gasteiger partial charge is 0.210 e. The van der Waals surface area contributed by atoms with Crippen molar-refractivity contribution in [1.29, 1.82) is 0 Å². The maximum Gasteiger partial charge on any atom is 0.210 e. The fraction of sp³-hybridized carbons (Fsp3) is 0. The van der Waals surface area contributed by atoms with E-state index in [0.29, 0.717) is 0 Å². The highest BCUT2D eigenvalue weighted by Crippen LogP contribution is 2.33. The third-order valence-electron chi connectivity index (χ3n) is 10.5. The van der Waals surface area contributed by atoms with Crippen molar-refractivity contribution < 1.29 is 4.57 Å². The molecule has 0 aliphatic carbocycles. The van der Waals surface area contributed by atoms with E-state index in [0.717, 1.165) is 99.2 Å². The summed E-state index contributed by atoms with van der Waals surface area (Å²) < 4.78 is 2.15. The molecule has 250 valence electrons. The van der Waals surface area contributed by atoms with Crippen LogP contribution in [0.1, 0.15) is 0 Å². The van der Waals surface area contributed by atoms with Crippen LogP contribution in [-0.4, -0.2) is 24.9 Å². The Morgan fingerprint density at radius 3 is 1.78 bits per heavy atom. The molecule has 11 aromatic rings. The van der Waals surface area contributed by atoms with Gasteiger partial charge in [-0.05, 0) is 83.2 Å². The van der Waals surface area contributed by atoms with Crippen molar-refractivity contribution in [3.63, 3.8) is 0 Å². The van der Waals surface area contributed by atoms with Gasteiger partial charge in [0.2, 0.25) is 5.69 Å². The van der Waals surface area contributed by atoms with Gasteiger partial charge < -0.3 is 0 Å². The van der Waals surface area contributed by atoms with E-state index in [1.807, 2.05) is 36.8 Å². The lowest BCUT2D eigenvalue weighted by molar-refractivity contribution is -0.594. The van der Waals surface area contributed by atoms with Crippen molar-refractivity contribution in [2.24, 2.45) is 0 Å². The van der Waals surface area contributed by atoms with Crippen molar-refractivity contribution in [1.82, 2.24) is 24.9 Å². The number of benzene rings is 5. The van der Waals surface area contributed by atoms with Gasteiger partial charge in [-0.25, -0.2) is 9.97 Å². The Balaban J connectivity index is 0.871. The van der Waals surface area contributed by atoms with E-state index in [2.05, 4.69) is 159 Å². The molecule has 0 aliphatic heterocycles. The van der Waals surface area contributed by atoms with Gasteiger partial charge in [-0.15, -0.1) is 0 Å². The van der Waals surface area contributed by atoms with Crippen LogP contribution in [0, 0.1) is 0 Å². The molecule has 0 saturated heterocycles. The summed E-state index contributed by atoms with van der Waals surface area (Å²) in [6.45, 7) is 0. The number of fused-ring (bicyclic) bond motifs is 8. The first-order chi connectivity index (χ1) is 26.7. The van der Waals surface area contributed by atoms with E-state index in [4.69, 9.17) is 9.97 Å². The molecule has 6 aromatic heterocycles. The number of hydrogen-bond acceptors (Lipinski definition) is 5. The molecule has 0 unspecified atom stereocenters. The lowest BCUT2D eigenvalue weighted by atomic mass is 9.99. The Kier molecular flexibility index (Phi) is 6.75. The van der Waals surface area contributed by atoms with Crippen LogP contribution in [-0.2, 0) is 0 Å². The topological polar surface area (TPSA) is 68.3 Å². The monoisotopic (exact) mass is 689 g/mol. The van der Waals surface area contributed by atoms with E-state index in [1.165, 1.54) is 5.39 Å². The summed E-state index contributed by atoms with van der Waals surface area (Å²) in [6, 6.07) is 50.8.